The predicted molar refractivity (Wildman–Crippen MR) is 72.3 cm³/mol. The summed E-state index contributed by atoms with van der Waals surface area (Å²) >= 11 is 0. The van der Waals surface area contributed by atoms with Gasteiger partial charge >= 0.3 is 0 Å². The molecule has 1 aromatic carbocycles. The first-order chi connectivity index (χ1) is 8.58. The minimum atomic E-state index is -0.484. The normalized spacial score (nSPS) is 11.1. The second kappa shape index (κ2) is 5.37. The lowest BCUT2D eigenvalue weighted by Crippen LogP contribution is -2.15. The number of fused-ring (bicyclic) bond motifs is 1. The van der Waals surface area contributed by atoms with E-state index in [1.807, 2.05) is 32.4 Å². The van der Waals surface area contributed by atoms with Gasteiger partial charge in [0, 0.05) is 23.6 Å². The monoisotopic (exact) mass is 259 g/mol. The average molecular weight is 259 g/mol. The lowest BCUT2D eigenvalue weighted by atomic mass is 10.1. The van der Waals surface area contributed by atoms with E-state index in [0.29, 0.717) is 5.75 Å². The Bertz CT molecular complexity index is 563. The van der Waals surface area contributed by atoms with Gasteiger partial charge in [-0.15, -0.1) is 0 Å². The van der Waals surface area contributed by atoms with Gasteiger partial charge in [0.05, 0.1) is 0 Å². The van der Waals surface area contributed by atoms with E-state index in [1.54, 1.807) is 6.07 Å². The van der Waals surface area contributed by atoms with Crippen LogP contribution in [0.3, 0.4) is 0 Å². The topological polar surface area (TPSA) is 45.3 Å². The van der Waals surface area contributed by atoms with Crippen molar-refractivity contribution in [2.24, 2.45) is 0 Å². The van der Waals surface area contributed by atoms with Crippen LogP contribution in [0.2, 0.25) is 0 Å². The summed E-state index contributed by atoms with van der Waals surface area (Å²) in [5.41, 5.74) is 1.65. The first-order valence-corrected chi connectivity index (χ1v) is 6.25. The van der Waals surface area contributed by atoms with Gasteiger partial charge in [-0.05, 0) is 38.2 Å². The number of aromatic nitrogens is 1. The van der Waals surface area contributed by atoms with Crippen molar-refractivity contribution >= 4 is 26.7 Å². The van der Waals surface area contributed by atoms with Crippen LogP contribution in [-0.4, -0.2) is 46.4 Å². The predicted octanol–water partition coefficient (Wildman–Crippen LogP) is 1.94. The van der Waals surface area contributed by atoms with E-state index in [9.17, 15) is 4.79 Å². The number of H-pyrrole nitrogens is 1. The number of rotatable bonds is 4. The van der Waals surface area contributed by atoms with Crippen LogP contribution in [0.25, 0.3) is 10.9 Å². The Labute approximate surface area is 109 Å². The molecule has 2 aromatic rings. The van der Waals surface area contributed by atoms with Gasteiger partial charge in [-0.1, -0.05) is 6.07 Å². The van der Waals surface area contributed by atoms with Gasteiger partial charge in [0.1, 0.15) is 5.75 Å². The highest BCUT2D eigenvalue weighted by Crippen LogP contribution is 2.29. The number of carbonyl (C=O) groups excluding carboxylic acids is 1. The number of benzene rings is 1. The van der Waals surface area contributed by atoms with Gasteiger partial charge in [0.25, 0.3) is 5.59 Å². The third-order valence-corrected chi connectivity index (χ3v) is 2.88. The number of likely N-dealkylation sites (N-methyl/N-ethyl adjacent to an activating group) is 1. The van der Waals surface area contributed by atoms with Crippen molar-refractivity contribution in [2.45, 2.75) is 6.42 Å². The van der Waals surface area contributed by atoms with Gasteiger partial charge in [-0.25, -0.2) is 0 Å². The minimum Gasteiger partial charge on any atom is -0.431 e. The molecule has 0 aliphatic rings. The quantitative estimate of drug-likeness (QED) is 0.853. The van der Waals surface area contributed by atoms with Crippen molar-refractivity contribution in [3.63, 3.8) is 0 Å². The van der Waals surface area contributed by atoms with Crippen LogP contribution in [0.4, 0.5) is 4.79 Å². The molecule has 1 aromatic heterocycles. The molecule has 93 valence electrons. The lowest BCUT2D eigenvalue weighted by Gasteiger charge is -2.09. The van der Waals surface area contributed by atoms with Crippen LogP contribution in [0.15, 0.2) is 24.4 Å². The summed E-state index contributed by atoms with van der Waals surface area (Å²) in [7, 11) is 6.91. The largest absolute Gasteiger partial charge is 0.431 e. The van der Waals surface area contributed by atoms with Gasteiger partial charge < -0.3 is 14.6 Å². The highest BCUT2D eigenvalue weighted by molar-refractivity contribution is 6.55. The third-order valence-electron chi connectivity index (χ3n) is 2.78. The van der Waals surface area contributed by atoms with E-state index in [2.05, 4.69) is 20.1 Å². The molecule has 0 aliphatic heterocycles. The molecule has 0 amide bonds. The van der Waals surface area contributed by atoms with E-state index >= 15 is 0 Å². The van der Waals surface area contributed by atoms with Crippen molar-refractivity contribution < 1.29 is 9.53 Å². The molecule has 0 fully saturated rings. The Hall–Kier alpha value is -1.59. The fourth-order valence-corrected chi connectivity index (χ4v) is 2.06. The molecule has 5 heteroatoms. The molecule has 18 heavy (non-hydrogen) atoms. The second-order valence-electron chi connectivity index (χ2n) is 4.44. The van der Waals surface area contributed by atoms with E-state index in [0.717, 1.165) is 29.4 Å². The molecule has 1 N–H and O–H groups in total. The zero-order valence-corrected chi connectivity index (χ0v) is 11.5. The summed E-state index contributed by atoms with van der Waals surface area (Å²) in [6.07, 6.45) is 2.88. The zero-order valence-electron chi connectivity index (χ0n) is 10.5. The van der Waals surface area contributed by atoms with Crippen LogP contribution in [0.5, 0.6) is 5.75 Å². The molecule has 0 atom stereocenters. The van der Waals surface area contributed by atoms with Crippen LogP contribution in [0.1, 0.15) is 5.56 Å². The SMILES string of the molecule is CN(C)CCc1c[nH]c2cccc(OC(=O)[Si])c12. The molecular formula is C13H15N2O2Si. The van der Waals surface area contributed by atoms with Crippen molar-refractivity contribution in [1.29, 1.82) is 0 Å². The van der Waals surface area contributed by atoms with Gasteiger partial charge in [0.15, 0.2) is 10.2 Å². The van der Waals surface area contributed by atoms with Gasteiger partial charge in [-0.3, -0.25) is 4.79 Å². The first kappa shape index (κ1) is 12.9. The summed E-state index contributed by atoms with van der Waals surface area (Å²) in [4.78, 5) is 16.4. The maximum atomic E-state index is 11.0. The van der Waals surface area contributed by atoms with E-state index in [-0.39, 0.29) is 0 Å². The number of carbonyl (C=O) groups is 1. The Kier molecular flexibility index (Phi) is 3.83. The number of aromatic amines is 1. The van der Waals surface area contributed by atoms with Gasteiger partial charge in [-0.2, -0.15) is 0 Å². The average Bonchev–Trinajstić information content (AvgIpc) is 2.70. The maximum absolute atomic E-state index is 11.0. The summed E-state index contributed by atoms with van der Waals surface area (Å²) in [5, 5.41) is 0.978. The Morgan fingerprint density at radius 2 is 2.22 bits per heavy atom. The number of hydrogen-bond donors (Lipinski definition) is 1. The molecule has 0 spiro atoms. The lowest BCUT2D eigenvalue weighted by molar-refractivity contribution is 0.226. The van der Waals surface area contributed by atoms with Crippen molar-refractivity contribution in [3.8, 4) is 5.75 Å². The molecule has 0 bridgehead atoms. The van der Waals surface area contributed by atoms with Crippen molar-refractivity contribution in [1.82, 2.24) is 9.88 Å². The fraction of sp³-hybridized carbons (Fsp3) is 0.308. The van der Waals surface area contributed by atoms with E-state index < -0.39 is 5.59 Å². The summed E-state index contributed by atoms with van der Waals surface area (Å²) in [5.74, 6) is 0.586. The van der Waals surface area contributed by atoms with Crippen LogP contribution >= 0.6 is 0 Å². The number of ether oxygens (including phenoxy) is 1. The second-order valence-corrected chi connectivity index (χ2v) is 4.84. The molecular weight excluding hydrogens is 244 g/mol. The zero-order chi connectivity index (χ0) is 13.1. The molecule has 3 radical (unpaired) electrons. The molecule has 1 heterocycles. The minimum absolute atomic E-state index is 0.484. The summed E-state index contributed by atoms with van der Waals surface area (Å²) in [6, 6.07) is 5.63. The van der Waals surface area contributed by atoms with E-state index in [1.165, 1.54) is 0 Å². The highest BCUT2D eigenvalue weighted by atomic mass is 28.1. The van der Waals surface area contributed by atoms with E-state index in [4.69, 9.17) is 4.74 Å². The Morgan fingerprint density at radius 1 is 1.44 bits per heavy atom. The Balaban J connectivity index is 2.38. The van der Waals surface area contributed by atoms with Gasteiger partial charge in [0.2, 0.25) is 0 Å². The molecule has 0 saturated heterocycles. The fourth-order valence-electron chi connectivity index (χ4n) is 1.95. The maximum Gasteiger partial charge on any atom is 0.269 e. The summed E-state index contributed by atoms with van der Waals surface area (Å²) < 4.78 is 5.17. The molecule has 4 nitrogen and oxygen atoms in total. The summed E-state index contributed by atoms with van der Waals surface area (Å²) in [6.45, 7) is 0.948. The highest BCUT2D eigenvalue weighted by Gasteiger charge is 2.11. The van der Waals surface area contributed by atoms with Crippen LogP contribution < -0.4 is 4.74 Å². The Morgan fingerprint density at radius 3 is 2.89 bits per heavy atom. The van der Waals surface area contributed by atoms with Crippen LogP contribution in [0, 0.1) is 0 Å². The smallest absolute Gasteiger partial charge is 0.269 e. The number of hydrogen-bond acceptors (Lipinski definition) is 3. The third kappa shape index (κ3) is 2.80. The molecule has 2 rings (SSSR count). The molecule has 0 unspecified atom stereocenters. The van der Waals surface area contributed by atoms with Crippen LogP contribution in [-0.2, 0) is 6.42 Å². The standard InChI is InChI=1S/C13H15N2O2Si/c1-15(2)7-6-9-8-14-10-4-3-5-11(12(9)10)17-13(16)18/h3-5,8,14H,6-7H2,1-2H3. The number of nitrogens with zero attached hydrogens (tertiary/aromatic N) is 1. The molecule has 0 saturated carbocycles. The van der Waals surface area contributed by atoms with Crippen molar-refractivity contribution in [3.05, 3.63) is 30.0 Å². The van der Waals surface area contributed by atoms with Crippen molar-refractivity contribution in [2.75, 3.05) is 20.6 Å². The number of nitrogens with one attached hydrogen (secondary N) is 1. The first-order valence-electron chi connectivity index (χ1n) is 5.75. The molecule has 0 aliphatic carbocycles.